The molecule has 0 bridgehead atoms. The van der Waals surface area contributed by atoms with Crippen molar-refractivity contribution in [1.82, 2.24) is 0 Å². The van der Waals surface area contributed by atoms with Gasteiger partial charge in [0.2, 0.25) is 10.9 Å². The number of hydrogen-bond acceptors (Lipinski definition) is 9. The van der Waals surface area contributed by atoms with E-state index in [2.05, 4.69) is 0 Å². The molecule has 0 unspecified atom stereocenters. The first kappa shape index (κ1) is 20.7. The summed E-state index contributed by atoms with van der Waals surface area (Å²) >= 11 is 0.789. The number of hydrogen-bond donors (Lipinski definition) is 0. The number of benzene rings is 4. The first-order valence-electron chi connectivity index (χ1n) is 9.68. The number of ether oxygens (including phenoxy) is 2. The van der Waals surface area contributed by atoms with E-state index in [4.69, 9.17) is 9.47 Å². The average molecular weight is 460 g/mol. The van der Waals surface area contributed by atoms with Gasteiger partial charge >= 0.3 is 11.9 Å². The van der Waals surface area contributed by atoms with E-state index in [0.29, 0.717) is 0 Å². The molecule has 9 heteroatoms. The van der Waals surface area contributed by atoms with Crippen LogP contribution in [0.2, 0.25) is 0 Å². The van der Waals surface area contributed by atoms with Crippen molar-refractivity contribution in [2.24, 2.45) is 0 Å². The van der Waals surface area contributed by atoms with Crippen molar-refractivity contribution in [3.63, 3.8) is 0 Å². The van der Waals surface area contributed by atoms with Crippen LogP contribution in [0.15, 0.2) is 55.6 Å². The van der Waals surface area contributed by atoms with Gasteiger partial charge in [-0.05, 0) is 36.4 Å². The van der Waals surface area contributed by atoms with Gasteiger partial charge in [-0.2, -0.15) is 0 Å². The summed E-state index contributed by atoms with van der Waals surface area (Å²) in [5, 5.41) is -0.0852. The van der Waals surface area contributed by atoms with Gasteiger partial charge in [-0.3, -0.25) is 28.8 Å². The Balaban J connectivity index is 1.95. The van der Waals surface area contributed by atoms with E-state index in [-0.39, 0.29) is 53.2 Å². The first-order valence-corrected chi connectivity index (χ1v) is 10.5. The van der Waals surface area contributed by atoms with Gasteiger partial charge in [-0.25, -0.2) is 0 Å². The molecule has 1 heterocycles. The summed E-state index contributed by atoms with van der Waals surface area (Å²) in [5.41, 5.74) is -2.23. The molecule has 0 saturated carbocycles. The molecule has 162 valence electrons. The SMILES string of the molecule is CC(=O)Oc1ccc2c(=O)c3c(sc4c(=O)c5ccc(OC(C)=O)cc5c(=O)c43)c(=O)c2c1. The predicted molar refractivity (Wildman–Crippen MR) is 124 cm³/mol. The molecule has 4 aromatic carbocycles. The van der Waals surface area contributed by atoms with Crippen molar-refractivity contribution in [3.05, 3.63) is 77.3 Å². The van der Waals surface area contributed by atoms with Crippen LogP contribution >= 0.6 is 11.3 Å². The summed E-state index contributed by atoms with van der Waals surface area (Å²) in [6.07, 6.45) is 0. The largest absolute Gasteiger partial charge is 0.427 e. The molecule has 0 fully saturated rings. The van der Waals surface area contributed by atoms with E-state index < -0.39 is 33.7 Å². The Morgan fingerprint density at radius 3 is 1.48 bits per heavy atom. The molecule has 0 N–H and O–H groups in total. The minimum Gasteiger partial charge on any atom is -0.427 e. The molecule has 0 atom stereocenters. The fourth-order valence-electron chi connectivity index (χ4n) is 3.98. The Morgan fingerprint density at radius 2 is 1.00 bits per heavy atom. The van der Waals surface area contributed by atoms with Gasteiger partial charge in [-0.1, -0.05) is 0 Å². The minimum absolute atomic E-state index is 0.00690. The Kier molecular flexibility index (Phi) is 4.47. The fraction of sp³-hybridized carbons (Fsp3) is 0.0833. The Morgan fingerprint density at radius 1 is 0.606 bits per heavy atom. The van der Waals surface area contributed by atoms with Crippen LogP contribution < -0.4 is 31.2 Å². The average Bonchev–Trinajstić information content (AvgIpc) is 3.16. The van der Waals surface area contributed by atoms with Crippen molar-refractivity contribution < 1.29 is 19.1 Å². The maximum Gasteiger partial charge on any atom is 0.308 e. The van der Waals surface area contributed by atoms with E-state index in [0.717, 1.165) is 11.3 Å². The molecular formula is C24H12O8S. The third-order valence-corrected chi connectivity index (χ3v) is 6.45. The summed E-state index contributed by atoms with van der Waals surface area (Å²) in [6.45, 7) is 2.41. The topological polar surface area (TPSA) is 121 Å². The van der Waals surface area contributed by atoms with Crippen molar-refractivity contribution >= 4 is 65.0 Å². The molecule has 0 aliphatic rings. The lowest BCUT2D eigenvalue weighted by Crippen LogP contribution is -2.15. The lowest BCUT2D eigenvalue weighted by Gasteiger charge is -2.03. The lowest BCUT2D eigenvalue weighted by atomic mass is 10.0. The van der Waals surface area contributed by atoms with Gasteiger partial charge in [0.25, 0.3) is 0 Å². The highest BCUT2D eigenvalue weighted by Crippen LogP contribution is 2.30. The zero-order valence-electron chi connectivity index (χ0n) is 17.1. The van der Waals surface area contributed by atoms with Crippen LogP contribution in [0, 0.1) is 0 Å². The van der Waals surface area contributed by atoms with Crippen LogP contribution in [0.25, 0.3) is 41.7 Å². The second-order valence-corrected chi connectivity index (χ2v) is 8.45. The van der Waals surface area contributed by atoms with E-state index in [1.807, 2.05) is 0 Å². The Bertz CT molecular complexity index is 1910. The lowest BCUT2D eigenvalue weighted by molar-refractivity contribution is -0.132. The number of rotatable bonds is 2. The summed E-state index contributed by atoms with van der Waals surface area (Å²) in [6, 6.07) is 8.07. The normalized spacial score (nSPS) is 11.5. The van der Waals surface area contributed by atoms with Crippen LogP contribution in [-0.2, 0) is 9.59 Å². The number of thiophene rings is 1. The number of esters is 2. The van der Waals surface area contributed by atoms with E-state index in [1.54, 1.807) is 0 Å². The molecule has 5 aromatic rings. The van der Waals surface area contributed by atoms with E-state index in [1.165, 1.54) is 50.2 Å². The highest BCUT2D eigenvalue weighted by atomic mass is 32.1. The van der Waals surface area contributed by atoms with Gasteiger partial charge < -0.3 is 9.47 Å². The van der Waals surface area contributed by atoms with Crippen LogP contribution in [0.3, 0.4) is 0 Å². The molecule has 0 radical (unpaired) electrons. The number of fused-ring (bicyclic) bond motifs is 5. The zero-order valence-corrected chi connectivity index (χ0v) is 18.0. The molecule has 0 aliphatic heterocycles. The maximum absolute atomic E-state index is 13.4. The molecule has 33 heavy (non-hydrogen) atoms. The van der Waals surface area contributed by atoms with E-state index >= 15 is 0 Å². The van der Waals surface area contributed by atoms with Gasteiger partial charge in [0.05, 0.1) is 20.2 Å². The Labute approximate surface area is 186 Å². The van der Waals surface area contributed by atoms with Gasteiger partial charge in [0.15, 0.2) is 10.9 Å². The van der Waals surface area contributed by atoms with Crippen LogP contribution in [0.4, 0.5) is 0 Å². The summed E-state index contributed by atoms with van der Waals surface area (Å²) in [7, 11) is 0. The molecule has 8 nitrogen and oxygen atoms in total. The molecule has 0 spiro atoms. The van der Waals surface area contributed by atoms with Crippen LogP contribution in [0.5, 0.6) is 11.5 Å². The fourth-order valence-corrected chi connectivity index (χ4v) is 5.18. The molecule has 0 amide bonds. The van der Waals surface area contributed by atoms with Gasteiger partial charge in [0.1, 0.15) is 11.5 Å². The third-order valence-electron chi connectivity index (χ3n) is 5.26. The Hall–Kier alpha value is -4.24. The molecule has 1 aromatic heterocycles. The van der Waals surface area contributed by atoms with Crippen molar-refractivity contribution in [2.45, 2.75) is 13.8 Å². The highest BCUT2D eigenvalue weighted by molar-refractivity contribution is 7.25. The summed E-state index contributed by atoms with van der Waals surface area (Å²) in [5.74, 6) is -0.993. The highest BCUT2D eigenvalue weighted by Gasteiger charge is 2.22. The van der Waals surface area contributed by atoms with Crippen LogP contribution in [0.1, 0.15) is 13.8 Å². The number of carbonyl (C=O) groups is 2. The van der Waals surface area contributed by atoms with Gasteiger partial charge in [-0.15, -0.1) is 11.3 Å². The predicted octanol–water partition coefficient (Wildman–Crippen LogP) is 2.53. The van der Waals surface area contributed by atoms with Gasteiger partial charge in [0, 0.05) is 35.4 Å². The molecule has 0 aliphatic carbocycles. The van der Waals surface area contributed by atoms with E-state index in [9.17, 15) is 28.8 Å². The zero-order chi connectivity index (χ0) is 23.6. The second kappa shape index (κ2) is 7.14. The minimum atomic E-state index is -0.604. The smallest absolute Gasteiger partial charge is 0.308 e. The quantitative estimate of drug-likeness (QED) is 0.291. The summed E-state index contributed by atoms with van der Waals surface area (Å²) in [4.78, 5) is 75.5. The molecular weight excluding hydrogens is 448 g/mol. The monoisotopic (exact) mass is 460 g/mol. The first-order chi connectivity index (χ1) is 15.7. The van der Waals surface area contributed by atoms with Crippen LogP contribution in [-0.4, -0.2) is 11.9 Å². The maximum atomic E-state index is 13.4. The van der Waals surface area contributed by atoms with Crippen molar-refractivity contribution in [1.29, 1.82) is 0 Å². The number of carbonyl (C=O) groups excluding carboxylic acids is 2. The van der Waals surface area contributed by atoms with Crippen molar-refractivity contribution in [3.8, 4) is 11.5 Å². The second-order valence-electron chi connectivity index (χ2n) is 7.43. The summed E-state index contributed by atoms with van der Waals surface area (Å²) < 4.78 is 10.0. The third kappa shape index (κ3) is 3.05. The van der Waals surface area contributed by atoms with Crippen molar-refractivity contribution in [2.75, 3.05) is 0 Å². The molecule has 0 saturated heterocycles. The molecule has 5 rings (SSSR count). The standard InChI is InChI=1S/C24H12O8S/c1-9(25)31-11-4-6-14-15(7-11)20(28)18-17-19(27)13-5-3-12(32-10(2)26)8-16(13)22(30)24(17)33-23(18)21(14)29/h3-8H,1-2H3.